The van der Waals surface area contributed by atoms with Gasteiger partial charge in [-0.2, -0.15) is 0 Å². The third kappa shape index (κ3) is 3.83. The van der Waals surface area contributed by atoms with Gasteiger partial charge in [-0.1, -0.05) is 5.16 Å². The number of aryl methyl sites for hydroxylation is 1. The summed E-state index contributed by atoms with van der Waals surface area (Å²) in [5.41, 5.74) is 1.58. The van der Waals surface area contributed by atoms with E-state index in [1.807, 2.05) is 17.9 Å². The maximum Gasteiger partial charge on any atom is 0.340 e. The first kappa shape index (κ1) is 17.9. The summed E-state index contributed by atoms with van der Waals surface area (Å²) in [7, 11) is 1.27. The second kappa shape index (κ2) is 7.52. The Balaban J connectivity index is 1.72. The van der Waals surface area contributed by atoms with Crippen LogP contribution in [0.3, 0.4) is 0 Å². The fourth-order valence-electron chi connectivity index (χ4n) is 3.04. The number of benzene rings is 1. The summed E-state index contributed by atoms with van der Waals surface area (Å²) in [6, 6.07) is 6.20. The molecule has 0 unspecified atom stereocenters. The summed E-state index contributed by atoms with van der Waals surface area (Å²) in [5.74, 6) is 0.241. The highest BCUT2D eigenvalue weighted by atomic mass is 16.6. The number of nitro benzene ring substituents is 1. The van der Waals surface area contributed by atoms with Crippen LogP contribution in [0.2, 0.25) is 0 Å². The van der Waals surface area contributed by atoms with Gasteiger partial charge < -0.3 is 14.2 Å². The van der Waals surface area contributed by atoms with Gasteiger partial charge >= 0.3 is 5.97 Å². The van der Waals surface area contributed by atoms with E-state index in [-0.39, 0.29) is 11.3 Å². The summed E-state index contributed by atoms with van der Waals surface area (Å²) in [6.07, 6.45) is 0. The Morgan fingerprint density at radius 2 is 2.04 bits per heavy atom. The Kier molecular flexibility index (Phi) is 5.17. The molecule has 0 bridgehead atoms. The lowest BCUT2D eigenvalue weighted by molar-refractivity contribution is -0.384. The van der Waals surface area contributed by atoms with Crippen molar-refractivity contribution < 1.29 is 19.0 Å². The van der Waals surface area contributed by atoms with Crippen molar-refractivity contribution in [3.63, 3.8) is 0 Å². The van der Waals surface area contributed by atoms with Crippen LogP contribution in [0.5, 0.6) is 0 Å². The third-order valence-corrected chi connectivity index (χ3v) is 4.37. The topological polar surface area (TPSA) is 102 Å². The maximum absolute atomic E-state index is 12.1. The summed E-state index contributed by atoms with van der Waals surface area (Å²) >= 11 is 0. The molecule has 1 saturated heterocycles. The van der Waals surface area contributed by atoms with Crippen LogP contribution < -0.4 is 4.90 Å². The van der Waals surface area contributed by atoms with Gasteiger partial charge in [0.2, 0.25) is 0 Å². The fraction of sp³-hybridized carbons (Fsp3) is 0.412. The summed E-state index contributed by atoms with van der Waals surface area (Å²) in [4.78, 5) is 26.8. The number of hydrogen-bond donors (Lipinski definition) is 0. The van der Waals surface area contributed by atoms with E-state index in [4.69, 9.17) is 9.26 Å². The van der Waals surface area contributed by atoms with Crippen molar-refractivity contribution in [3.8, 4) is 0 Å². The normalized spacial score (nSPS) is 15.1. The number of hydrogen-bond acceptors (Lipinski definition) is 8. The molecule has 0 radical (unpaired) electrons. The first-order chi connectivity index (χ1) is 12.5. The number of methoxy groups -OCH3 is 1. The second-order valence-corrected chi connectivity index (χ2v) is 6.15. The van der Waals surface area contributed by atoms with Crippen molar-refractivity contribution in [2.24, 2.45) is 0 Å². The molecule has 2 aromatic rings. The summed E-state index contributed by atoms with van der Waals surface area (Å²) < 4.78 is 10.0. The molecule has 0 atom stereocenters. The van der Waals surface area contributed by atoms with Crippen molar-refractivity contribution in [1.82, 2.24) is 10.1 Å². The average Bonchev–Trinajstić information content (AvgIpc) is 3.06. The second-order valence-electron chi connectivity index (χ2n) is 6.15. The minimum atomic E-state index is -0.580. The molecular formula is C17H20N4O5. The third-order valence-electron chi connectivity index (χ3n) is 4.37. The monoisotopic (exact) mass is 360 g/mol. The van der Waals surface area contributed by atoms with Gasteiger partial charge in [0.25, 0.3) is 5.69 Å². The zero-order valence-electron chi connectivity index (χ0n) is 14.7. The molecule has 138 valence electrons. The molecule has 26 heavy (non-hydrogen) atoms. The Morgan fingerprint density at radius 3 is 2.62 bits per heavy atom. The lowest BCUT2D eigenvalue weighted by atomic mass is 10.1. The highest BCUT2D eigenvalue weighted by molar-refractivity contribution is 5.96. The molecular weight excluding hydrogens is 340 g/mol. The number of carbonyl (C=O) groups excluding carboxylic acids is 1. The zero-order valence-corrected chi connectivity index (χ0v) is 14.7. The van der Waals surface area contributed by atoms with E-state index in [0.717, 1.165) is 24.5 Å². The molecule has 0 N–H and O–H groups in total. The van der Waals surface area contributed by atoms with Crippen LogP contribution in [0.1, 0.15) is 21.8 Å². The molecule has 9 nitrogen and oxygen atoms in total. The maximum atomic E-state index is 12.1. The molecule has 0 aliphatic carbocycles. The SMILES string of the molecule is COC(=O)c1cc([N+](=O)[O-])ccc1N1CCN(Cc2cc(C)no2)CC1. The number of carbonyl (C=O) groups is 1. The number of rotatable bonds is 5. The van der Waals surface area contributed by atoms with Gasteiger partial charge in [0.1, 0.15) is 0 Å². The van der Waals surface area contributed by atoms with Crippen molar-refractivity contribution in [3.05, 3.63) is 51.4 Å². The van der Waals surface area contributed by atoms with Crippen LogP contribution in [0.15, 0.2) is 28.8 Å². The van der Waals surface area contributed by atoms with E-state index in [2.05, 4.69) is 10.1 Å². The highest BCUT2D eigenvalue weighted by Gasteiger charge is 2.24. The van der Waals surface area contributed by atoms with Gasteiger partial charge in [-0.05, 0) is 13.0 Å². The number of nitrogens with zero attached hydrogens (tertiary/aromatic N) is 4. The van der Waals surface area contributed by atoms with Crippen molar-refractivity contribution in [1.29, 1.82) is 0 Å². The zero-order chi connectivity index (χ0) is 18.7. The number of anilines is 1. The predicted octanol–water partition coefficient (Wildman–Crippen LogP) is 2.00. The van der Waals surface area contributed by atoms with Crippen LogP contribution in [-0.2, 0) is 11.3 Å². The van der Waals surface area contributed by atoms with Gasteiger partial charge in [0.15, 0.2) is 5.76 Å². The van der Waals surface area contributed by atoms with Gasteiger partial charge in [-0.3, -0.25) is 15.0 Å². The Labute approximate surface area is 150 Å². The molecule has 0 amide bonds. The summed E-state index contributed by atoms with van der Waals surface area (Å²) in [6.45, 7) is 5.49. The predicted molar refractivity (Wildman–Crippen MR) is 93.2 cm³/mol. The molecule has 1 aliphatic rings. The molecule has 9 heteroatoms. The summed E-state index contributed by atoms with van der Waals surface area (Å²) in [5, 5.41) is 14.9. The van der Waals surface area contributed by atoms with E-state index in [9.17, 15) is 14.9 Å². The molecule has 1 aromatic carbocycles. The number of ether oxygens (including phenoxy) is 1. The number of aromatic nitrogens is 1. The molecule has 1 fully saturated rings. The minimum absolute atomic E-state index is 0.131. The molecule has 0 saturated carbocycles. The molecule has 0 spiro atoms. The van der Waals surface area contributed by atoms with Crippen LogP contribution >= 0.6 is 0 Å². The number of esters is 1. The van der Waals surface area contributed by atoms with Crippen molar-refractivity contribution >= 4 is 17.3 Å². The Hall–Kier alpha value is -2.94. The van der Waals surface area contributed by atoms with E-state index in [0.29, 0.717) is 25.3 Å². The van der Waals surface area contributed by atoms with E-state index >= 15 is 0 Å². The van der Waals surface area contributed by atoms with Crippen molar-refractivity contribution in [2.45, 2.75) is 13.5 Å². The Morgan fingerprint density at radius 1 is 1.31 bits per heavy atom. The number of piperazine rings is 1. The number of non-ortho nitro benzene ring substituents is 1. The lowest BCUT2D eigenvalue weighted by Gasteiger charge is -2.36. The van der Waals surface area contributed by atoms with E-state index in [1.165, 1.54) is 19.2 Å². The smallest absolute Gasteiger partial charge is 0.340 e. The van der Waals surface area contributed by atoms with Crippen LogP contribution in [-0.4, -0.2) is 54.2 Å². The lowest BCUT2D eigenvalue weighted by Crippen LogP contribution is -2.46. The standard InChI is InChI=1S/C17H20N4O5/c1-12-9-14(26-18-12)11-19-5-7-20(8-6-19)16-4-3-13(21(23)24)10-15(16)17(22)25-2/h3-4,9-10H,5-8,11H2,1-2H3. The van der Waals surface area contributed by atoms with Crippen LogP contribution in [0.25, 0.3) is 0 Å². The van der Waals surface area contributed by atoms with Gasteiger partial charge in [0.05, 0.1) is 35.5 Å². The van der Waals surface area contributed by atoms with E-state index < -0.39 is 10.9 Å². The quantitative estimate of drug-likeness (QED) is 0.453. The van der Waals surface area contributed by atoms with Crippen LogP contribution in [0.4, 0.5) is 11.4 Å². The van der Waals surface area contributed by atoms with Crippen molar-refractivity contribution in [2.75, 3.05) is 38.2 Å². The molecule has 1 aromatic heterocycles. The average molecular weight is 360 g/mol. The first-order valence-corrected chi connectivity index (χ1v) is 8.24. The van der Waals surface area contributed by atoms with Gasteiger partial charge in [-0.25, -0.2) is 4.79 Å². The molecule has 1 aliphatic heterocycles. The Bertz CT molecular complexity index is 811. The van der Waals surface area contributed by atoms with Gasteiger partial charge in [-0.15, -0.1) is 0 Å². The number of nitro groups is 1. The molecule has 3 rings (SSSR count). The van der Waals surface area contributed by atoms with Gasteiger partial charge in [0, 0.05) is 44.4 Å². The highest BCUT2D eigenvalue weighted by Crippen LogP contribution is 2.27. The van der Waals surface area contributed by atoms with E-state index in [1.54, 1.807) is 6.07 Å². The largest absolute Gasteiger partial charge is 0.465 e. The van der Waals surface area contributed by atoms with Crippen LogP contribution in [0, 0.1) is 17.0 Å². The fourth-order valence-corrected chi connectivity index (χ4v) is 3.04. The minimum Gasteiger partial charge on any atom is -0.465 e. The molecule has 2 heterocycles. The first-order valence-electron chi connectivity index (χ1n) is 8.24.